The highest BCUT2D eigenvalue weighted by molar-refractivity contribution is 5.90. The first-order valence-electron chi connectivity index (χ1n) is 9.46. The molecule has 0 aliphatic heterocycles. The average Bonchev–Trinajstić information content (AvgIpc) is 3.21. The smallest absolute Gasteiger partial charge is 0.467 e. The highest BCUT2D eigenvalue weighted by atomic mass is 19.4. The molecule has 1 fully saturated rings. The number of hydrogen-bond acceptors (Lipinski definition) is 4. The fourth-order valence-corrected chi connectivity index (χ4v) is 3.56. The number of nitrogens with one attached hydrogen (secondary N) is 1. The number of nitrogens with zero attached hydrogens (tertiary/aromatic N) is 2. The largest absolute Gasteiger partial charge is 0.471 e. The van der Waals surface area contributed by atoms with Crippen LogP contribution in [-0.2, 0) is 16.1 Å². The third-order valence-corrected chi connectivity index (χ3v) is 4.94. The zero-order valence-corrected chi connectivity index (χ0v) is 15.7. The molecule has 1 N–H and O–H groups in total. The van der Waals surface area contributed by atoms with E-state index in [2.05, 4.69) is 10.3 Å². The predicted molar refractivity (Wildman–Crippen MR) is 97.3 cm³/mol. The van der Waals surface area contributed by atoms with Crippen molar-refractivity contribution < 1.29 is 27.2 Å². The van der Waals surface area contributed by atoms with Crippen LogP contribution in [0.15, 0.2) is 47.3 Å². The lowest BCUT2D eigenvalue weighted by atomic mass is 9.94. The summed E-state index contributed by atoms with van der Waals surface area (Å²) in [5, 5.41) is 2.83. The van der Waals surface area contributed by atoms with Crippen molar-refractivity contribution in [3.63, 3.8) is 0 Å². The molecule has 2 amide bonds. The Morgan fingerprint density at radius 1 is 1.17 bits per heavy atom. The summed E-state index contributed by atoms with van der Waals surface area (Å²) in [7, 11) is 0. The second kappa shape index (κ2) is 9.11. The molecule has 156 valence electrons. The van der Waals surface area contributed by atoms with E-state index in [4.69, 9.17) is 4.42 Å². The van der Waals surface area contributed by atoms with E-state index in [1.54, 1.807) is 0 Å². The van der Waals surface area contributed by atoms with Gasteiger partial charge in [0.25, 0.3) is 0 Å². The second-order valence-corrected chi connectivity index (χ2v) is 7.04. The van der Waals surface area contributed by atoms with Crippen molar-refractivity contribution in [3.8, 4) is 0 Å². The number of rotatable bonds is 6. The molecular weight excluding hydrogens is 387 g/mol. The number of alkyl halides is 3. The van der Waals surface area contributed by atoms with Gasteiger partial charge in [0.2, 0.25) is 5.91 Å². The summed E-state index contributed by atoms with van der Waals surface area (Å²) < 4.78 is 45.2. The van der Waals surface area contributed by atoms with Crippen molar-refractivity contribution in [2.45, 2.75) is 56.9 Å². The average molecular weight is 409 g/mol. The molecule has 9 heteroatoms. The van der Waals surface area contributed by atoms with Crippen molar-refractivity contribution >= 4 is 11.8 Å². The summed E-state index contributed by atoms with van der Waals surface area (Å²) >= 11 is 0. The van der Waals surface area contributed by atoms with Crippen molar-refractivity contribution in [1.29, 1.82) is 0 Å². The van der Waals surface area contributed by atoms with E-state index in [1.165, 1.54) is 42.9 Å². The molecule has 1 aliphatic rings. The number of furan rings is 1. The predicted octanol–water partition coefficient (Wildman–Crippen LogP) is 3.76. The molecule has 1 unspecified atom stereocenters. The molecule has 0 bridgehead atoms. The first-order valence-corrected chi connectivity index (χ1v) is 9.46. The molecule has 29 heavy (non-hydrogen) atoms. The van der Waals surface area contributed by atoms with Crippen molar-refractivity contribution in [1.82, 2.24) is 15.2 Å². The fraction of sp³-hybridized carbons (Fsp3) is 0.450. The molecule has 1 saturated carbocycles. The van der Waals surface area contributed by atoms with Crippen LogP contribution in [0, 0.1) is 0 Å². The van der Waals surface area contributed by atoms with Gasteiger partial charge in [-0.1, -0.05) is 19.3 Å². The summed E-state index contributed by atoms with van der Waals surface area (Å²) in [4.78, 5) is 29.7. The summed E-state index contributed by atoms with van der Waals surface area (Å²) in [6.45, 7) is -0.490. The molecular formula is C20H22F3N3O3. The van der Waals surface area contributed by atoms with Crippen LogP contribution in [0.5, 0.6) is 0 Å². The Balaban J connectivity index is 1.95. The van der Waals surface area contributed by atoms with Crippen LogP contribution in [0.1, 0.15) is 49.5 Å². The number of carbonyl (C=O) groups is 2. The molecule has 2 heterocycles. The van der Waals surface area contributed by atoms with E-state index in [9.17, 15) is 22.8 Å². The van der Waals surface area contributed by atoms with Crippen LogP contribution in [0.3, 0.4) is 0 Å². The molecule has 0 aromatic carbocycles. The molecule has 0 radical (unpaired) electrons. The summed E-state index contributed by atoms with van der Waals surface area (Å²) in [6, 6.07) is 4.26. The van der Waals surface area contributed by atoms with Gasteiger partial charge in [0.15, 0.2) is 0 Å². The Morgan fingerprint density at radius 2 is 1.86 bits per heavy atom. The third-order valence-electron chi connectivity index (χ3n) is 4.94. The standard InChI is InChI=1S/C20H22F3N3O3/c21-20(22,23)19(28)26(13-16-7-4-12-29-16)17(14-8-10-24-11-9-14)18(27)25-15-5-2-1-3-6-15/h4,7-12,15,17H,1-3,5-6,13H2,(H,25,27). The maximum Gasteiger partial charge on any atom is 0.471 e. The summed E-state index contributed by atoms with van der Waals surface area (Å²) in [6.07, 6.45) is 3.40. The molecule has 2 aromatic heterocycles. The van der Waals surface area contributed by atoms with Gasteiger partial charge in [-0.15, -0.1) is 0 Å². The second-order valence-electron chi connectivity index (χ2n) is 7.04. The zero-order valence-electron chi connectivity index (χ0n) is 15.7. The van der Waals surface area contributed by atoms with E-state index in [-0.39, 0.29) is 17.4 Å². The van der Waals surface area contributed by atoms with Crippen molar-refractivity contribution in [2.24, 2.45) is 0 Å². The van der Waals surface area contributed by atoms with Gasteiger partial charge >= 0.3 is 12.1 Å². The maximum atomic E-state index is 13.4. The van der Waals surface area contributed by atoms with E-state index in [0.29, 0.717) is 4.90 Å². The number of amides is 2. The first kappa shape index (κ1) is 20.9. The molecule has 0 spiro atoms. The Labute approximate surface area is 166 Å². The first-order chi connectivity index (χ1) is 13.9. The van der Waals surface area contributed by atoms with E-state index in [1.807, 2.05) is 0 Å². The van der Waals surface area contributed by atoms with Crippen LogP contribution in [0.4, 0.5) is 13.2 Å². The van der Waals surface area contributed by atoms with Crippen LogP contribution in [-0.4, -0.2) is 33.9 Å². The topological polar surface area (TPSA) is 75.4 Å². The van der Waals surface area contributed by atoms with E-state index < -0.39 is 30.6 Å². The Kier molecular flexibility index (Phi) is 6.56. The molecule has 1 atom stereocenters. The zero-order chi connectivity index (χ0) is 20.9. The molecule has 3 rings (SSSR count). The Morgan fingerprint density at radius 3 is 2.45 bits per heavy atom. The van der Waals surface area contributed by atoms with Gasteiger partial charge in [-0.3, -0.25) is 14.6 Å². The minimum Gasteiger partial charge on any atom is -0.467 e. The minimum absolute atomic E-state index is 0.118. The number of halogens is 3. The van der Waals surface area contributed by atoms with E-state index in [0.717, 1.165) is 32.1 Å². The van der Waals surface area contributed by atoms with E-state index >= 15 is 0 Å². The number of carbonyl (C=O) groups excluding carboxylic acids is 2. The molecule has 0 saturated heterocycles. The number of aromatic nitrogens is 1. The van der Waals surface area contributed by atoms with Gasteiger partial charge < -0.3 is 14.6 Å². The molecule has 6 nitrogen and oxygen atoms in total. The van der Waals surface area contributed by atoms with Crippen LogP contribution in [0.25, 0.3) is 0 Å². The normalized spacial score (nSPS) is 16.2. The lowest BCUT2D eigenvalue weighted by Gasteiger charge is -2.33. The highest BCUT2D eigenvalue weighted by Crippen LogP contribution is 2.30. The number of hydrogen-bond donors (Lipinski definition) is 1. The lowest BCUT2D eigenvalue weighted by Crippen LogP contribution is -2.50. The molecule has 2 aromatic rings. The highest BCUT2D eigenvalue weighted by Gasteiger charge is 2.47. The summed E-state index contributed by atoms with van der Waals surface area (Å²) in [5.74, 6) is -2.60. The van der Waals surface area contributed by atoms with Crippen LogP contribution in [0.2, 0.25) is 0 Å². The van der Waals surface area contributed by atoms with Gasteiger partial charge in [0.05, 0.1) is 12.8 Å². The minimum atomic E-state index is -5.14. The third kappa shape index (κ3) is 5.36. The fourth-order valence-electron chi connectivity index (χ4n) is 3.56. The summed E-state index contributed by atoms with van der Waals surface area (Å²) in [5.41, 5.74) is 0.248. The Bertz CT molecular complexity index is 803. The van der Waals surface area contributed by atoms with Crippen molar-refractivity contribution in [3.05, 3.63) is 54.2 Å². The van der Waals surface area contributed by atoms with Gasteiger partial charge in [-0.2, -0.15) is 13.2 Å². The maximum absolute atomic E-state index is 13.4. The van der Waals surface area contributed by atoms with Gasteiger partial charge in [0.1, 0.15) is 11.8 Å². The van der Waals surface area contributed by atoms with Crippen LogP contribution >= 0.6 is 0 Å². The van der Waals surface area contributed by atoms with Gasteiger partial charge in [-0.25, -0.2) is 0 Å². The van der Waals surface area contributed by atoms with Gasteiger partial charge in [-0.05, 0) is 42.7 Å². The monoisotopic (exact) mass is 409 g/mol. The molecule has 1 aliphatic carbocycles. The number of pyridine rings is 1. The quantitative estimate of drug-likeness (QED) is 0.788. The lowest BCUT2D eigenvalue weighted by molar-refractivity contribution is -0.189. The van der Waals surface area contributed by atoms with Crippen LogP contribution < -0.4 is 5.32 Å². The van der Waals surface area contributed by atoms with Gasteiger partial charge in [0, 0.05) is 18.4 Å². The van der Waals surface area contributed by atoms with Crippen molar-refractivity contribution in [2.75, 3.05) is 0 Å². The SMILES string of the molecule is O=C(NC1CCCCC1)C(c1ccncc1)N(Cc1ccco1)C(=O)C(F)(F)F. The Hall–Kier alpha value is -2.84.